The van der Waals surface area contributed by atoms with Crippen LogP contribution >= 0.6 is 0 Å². The highest BCUT2D eigenvalue weighted by atomic mass is 19.4. The van der Waals surface area contributed by atoms with Crippen LogP contribution in [0.2, 0.25) is 0 Å². The number of carbonyl (C=O) groups is 4. The molecule has 8 nitrogen and oxygen atoms in total. The zero-order valence-corrected chi connectivity index (χ0v) is 15.5. The SMILES string of the molecule is O=C(O)CCCCCCCC(COC(=O)C(F)(F)F)(COC(=O)C(F)(F)F)C(=O)O. The van der Waals surface area contributed by atoms with E-state index in [2.05, 4.69) is 9.47 Å². The van der Waals surface area contributed by atoms with Crippen LogP contribution in [0.5, 0.6) is 0 Å². The summed E-state index contributed by atoms with van der Waals surface area (Å²) in [7, 11) is 0. The van der Waals surface area contributed by atoms with E-state index in [4.69, 9.17) is 5.11 Å². The fraction of sp³-hybridized carbons (Fsp3) is 0.750. The first kappa shape index (κ1) is 27.5. The number of esters is 2. The van der Waals surface area contributed by atoms with Gasteiger partial charge in [0.05, 0.1) is 0 Å². The molecular weight excluding hydrogens is 434 g/mol. The molecule has 2 N–H and O–H groups in total. The predicted molar refractivity (Wildman–Crippen MR) is 84.1 cm³/mol. The van der Waals surface area contributed by atoms with Crippen molar-refractivity contribution in [2.75, 3.05) is 13.2 Å². The summed E-state index contributed by atoms with van der Waals surface area (Å²) < 4.78 is 81.5. The van der Waals surface area contributed by atoms with Crippen molar-refractivity contribution < 1.29 is 65.2 Å². The minimum Gasteiger partial charge on any atom is -0.481 e. The molecule has 0 aromatic heterocycles. The Kier molecular flexibility index (Phi) is 10.6. The Bertz CT molecular complexity index is 584. The Balaban J connectivity index is 5.09. The summed E-state index contributed by atoms with van der Waals surface area (Å²) in [5.41, 5.74) is -2.52. The second-order valence-electron chi connectivity index (χ2n) is 6.39. The van der Waals surface area contributed by atoms with E-state index in [1.54, 1.807) is 0 Å². The summed E-state index contributed by atoms with van der Waals surface area (Å²) >= 11 is 0. The van der Waals surface area contributed by atoms with Crippen molar-refractivity contribution in [1.82, 2.24) is 0 Å². The smallest absolute Gasteiger partial charge is 0.481 e. The quantitative estimate of drug-likeness (QED) is 0.247. The van der Waals surface area contributed by atoms with Gasteiger partial charge in [-0.05, 0) is 12.8 Å². The maximum atomic E-state index is 12.3. The second-order valence-corrected chi connectivity index (χ2v) is 6.39. The molecule has 0 aliphatic carbocycles. The van der Waals surface area contributed by atoms with Crippen LogP contribution in [-0.2, 0) is 28.7 Å². The Morgan fingerprint density at radius 2 is 1.07 bits per heavy atom. The molecule has 30 heavy (non-hydrogen) atoms. The summed E-state index contributed by atoms with van der Waals surface area (Å²) in [6.07, 6.45) is -10.2. The topological polar surface area (TPSA) is 127 Å². The number of halogens is 6. The number of carboxylic acids is 2. The number of carbonyl (C=O) groups excluding carboxylic acids is 2. The number of carboxylic acid groups (broad SMARTS) is 2. The fourth-order valence-electron chi connectivity index (χ4n) is 2.26. The van der Waals surface area contributed by atoms with Crippen LogP contribution in [0.1, 0.15) is 44.9 Å². The van der Waals surface area contributed by atoms with Crippen molar-refractivity contribution in [2.24, 2.45) is 5.41 Å². The Hall–Kier alpha value is -2.54. The maximum absolute atomic E-state index is 12.3. The van der Waals surface area contributed by atoms with E-state index in [-0.39, 0.29) is 19.3 Å². The van der Waals surface area contributed by atoms with E-state index >= 15 is 0 Å². The van der Waals surface area contributed by atoms with Gasteiger partial charge >= 0.3 is 36.2 Å². The van der Waals surface area contributed by atoms with Gasteiger partial charge in [-0.15, -0.1) is 0 Å². The van der Waals surface area contributed by atoms with E-state index in [0.29, 0.717) is 19.3 Å². The zero-order valence-electron chi connectivity index (χ0n) is 15.5. The van der Waals surface area contributed by atoms with Gasteiger partial charge in [0.15, 0.2) is 0 Å². The van der Waals surface area contributed by atoms with Crippen molar-refractivity contribution in [1.29, 1.82) is 0 Å². The third-order valence-electron chi connectivity index (χ3n) is 3.92. The molecule has 0 unspecified atom stereocenters. The van der Waals surface area contributed by atoms with Crippen LogP contribution in [0, 0.1) is 5.41 Å². The molecule has 0 amide bonds. The molecule has 0 saturated carbocycles. The minimum absolute atomic E-state index is 0.0352. The lowest BCUT2D eigenvalue weighted by Crippen LogP contribution is -2.44. The number of alkyl halides is 6. The molecule has 0 aromatic rings. The summed E-state index contributed by atoms with van der Waals surface area (Å²) in [4.78, 5) is 43.7. The van der Waals surface area contributed by atoms with Gasteiger partial charge in [-0.25, -0.2) is 9.59 Å². The van der Waals surface area contributed by atoms with E-state index < -0.39 is 61.3 Å². The van der Waals surface area contributed by atoms with Gasteiger partial charge in [0.1, 0.15) is 18.6 Å². The molecule has 0 heterocycles. The summed E-state index contributed by atoms with van der Waals surface area (Å²) in [6.45, 7) is -2.93. The first-order valence-corrected chi connectivity index (χ1v) is 8.55. The third-order valence-corrected chi connectivity index (χ3v) is 3.92. The van der Waals surface area contributed by atoms with E-state index in [1.807, 2.05) is 0 Å². The number of aliphatic carboxylic acids is 2. The second kappa shape index (κ2) is 11.6. The molecule has 0 aliphatic heterocycles. The van der Waals surface area contributed by atoms with Gasteiger partial charge in [0.2, 0.25) is 0 Å². The number of ether oxygens (including phenoxy) is 2. The summed E-state index contributed by atoms with van der Waals surface area (Å²) in [6, 6.07) is 0. The van der Waals surface area contributed by atoms with Gasteiger partial charge in [-0.3, -0.25) is 9.59 Å². The van der Waals surface area contributed by atoms with Crippen LogP contribution in [-0.4, -0.2) is 59.7 Å². The standard InChI is InChI=1S/C16H20F6O8/c17-15(18,19)12(27)29-8-14(11(25)26,9-30-13(28)16(20,21)22)7-5-3-1-2-4-6-10(23)24/h1-9H2,(H,23,24)(H,25,26). The molecule has 0 radical (unpaired) electrons. The predicted octanol–water partition coefficient (Wildman–Crippen LogP) is 3.08. The molecule has 0 spiro atoms. The average molecular weight is 454 g/mol. The van der Waals surface area contributed by atoms with Crippen LogP contribution < -0.4 is 0 Å². The van der Waals surface area contributed by atoms with Crippen molar-refractivity contribution >= 4 is 23.9 Å². The van der Waals surface area contributed by atoms with Gasteiger partial charge in [-0.2, -0.15) is 26.3 Å². The van der Waals surface area contributed by atoms with E-state index in [1.165, 1.54) is 0 Å². The molecular formula is C16H20F6O8. The first-order chi connectivity index (χ1) is 13.6. The third kappa shape index (κ3) is 10.3. The highest BCUT2D eigenvalue weighted by molar-refractivity contribution is 5.79. The number of rotatable bonds is 13. The van der Waals surface area contributed by atoms with Crippen LogP contribution in [0.15, 0.2) is 0 Å². The molecule has 0 bridgehead atoms. The Labute approximate surface area is 166 Å². The molecule has 0 fully saturated rings. The lowest BCUT2D eigenvalue weighted by atomic mass is 9.84. The summed E-state index contributed by atoms with van der Waals surface area (Å²) in [5, 5.41) is 17.8. The normalized spacial score (nSPS) is 12.3. The van der Waals surface area contributed by atoms with E-state index in [9.17, 15) is 50.6 Å². The molecule has 0 saturated heterocycles. The molecule has 14 heteroatoms. The molecule has 0 aliphatic rings. The average Bonchev–Trinajstić information content (AvgIpc) is 2.59. The molecule has 174 valence electrons. The number of hydrogen-bond acceptors (Lipinski definition) is 6. The number of hydrogen-bond donors (Lipinski definition) is 2. The van der Waals surface area contributed by atoms with Gasteiger partial charge < -0.3 is 19.7 Å². The lowest BCUT2D eigenvalue weighted by Gasteiger charge is -2.28. The van der Waals surface area contributed by atoms with Crippen molar-refractivity contribution in [3.8, 4) is 0 Å². The molecule has 0 atom stereocenters. The Morgan fingerprint density at radius 1 is 0.667 bits per heavy atom. The van der Waals surface area contributed by atoms with Gasteiger partial charge in [-0.1, -0.05) is 25.7 Å². The highest BCUT2D eigenvalue weighted by Crippen LogP contribution is 2.30. The molecule has 0 rings (SSSR count). The number of unbranched alkanes of at least 4 members (excludes halogenated alkanes) is 4. The monoisotopic (exact) mass is 454 g/mol. The van der Waals surface area contributed by atoms with Crippen molar-refractivity contribution in [3.05, 3.63) is 0 Å². The van der Waals surface area contributed by atoms with Gasteiger partial charge in [0.25, 0.3) is 0 Å². The van der Waals surface area contributed by atoms with Gasteiger partial charge in [0, 0.05) is 6.42 Å². The van der Waals surface area contributed by atoms with Crippen LogP contribution in [0.3, 0.4) is 0 Å². The van der Waals surface area contributed by atoms with Crippen LogP contribution in [0.25, 0.3) is 0 Å². The van der Waals surface area contributed by atoms with Crippen LogP contribution in [0.4, 0.5) is 26.3 Å². The lowest BCUT2D eigenvalue weighted by molar-refractivity contribution is -0.211. The fourth-order valence-corrected chi connectivity index (χ4v) is 2.26. The summed E-state index contributed by atoms with van der Waals surface area (Å²) in [5.74, 6) is -8.43. The first-order valence-electron chi connectivity index (χ1n) is 8.55. The molecule has 0 aromatic carbocycles. The van der Waals surface area contributed by atoms with E-state index in [0.717, 1.165) is 0 Å². The van der Waals surface area contributed by atoms with Crippen molar-refractivity contribution in [2.45, 2.75) is 57.3 Å². The maximum Gasteiger partial charge on any atom is 0.490 e. The van der Waals surface area contributed by atoms with Crippen molar-refractivity contribution in [3.63, 3.8) is 0 Å². The minimum atomic E-state index is -5.46. The zero-order chi connectivity index (χ0) is 23.6. The largest absolute Gasteiger partial charge is 0.490 e. The Morgan fingerprint density at radius 3 is 1.43 bits per heavy atom. The highest BCUT2D eigenvalue weighted by Gasteiger charge is 2.48.